The van der Waals surface area contributed by atoms with Crippen molar-refractivity contribution in [3.8, 4) is 0 Å². The van der Waals surface area contributed by atoms with Gasteiger partial charge >= 0.3 is 6.18 Å². The molecule has 2 N–H and O–H groups in total. The molecule has 0 radical (unpaired) electrons. The molecule has 0 atom stereocenters. The van der Waals surface area contributed by atoms with Gasteiger partial charge in [-0.25, -0.2) is 0 Å². The topological polar surface area (TPSA) is 59.0 Å². The lowest BCUT2D eigenvalue weighted by Gasteiger charge is -2.36. The van der Waals surface area contributed by atoms with Gasteiger partial charge in [-0.2, -0.15) is 18.3 Å². The van der Waals surface area contributed by atoms with Crippen molar-refractivity contribution in [2.45, 2.75) is 31.0 Å². The summed E-state index contributed by atoms with van der Waals surface area (Å²) in [6.45, 7) is 1.51. The third kappa shape index (κ3) is 3.75. The molecular weight excluding hydrogens is 345 g/mol. The number of halogens is 3. The molecular formula is C18H21F3N4O. The lowest BCUT2D eigenvalue weighted by molar-refractivity contribution is -0.138. The number of piperidine rings is 1. The number of benzene rings is 1. The molecule has 1 fully saturated rings. The van der Waals surface area contributed by atoms with Crippen molar-refractivity contribution < 1.29 is 18.0 Å². The van der Waals surface area contributed by atoms with E-state index in [0.717, 1.165) is 6.07 Å². The highest BCUT2D eigenvalue weighted by Crippen LogP contribution is 2.32. The molecule has 1 aliphatic rings. The summed E-state index contributed by atoms with van der Waals surface area (Å²) in [5.41, 5.74) is -1.27. The molecule has 5 nitrogen and oxygen atoms in total. The van der Waals surface area contributed by atoms with E-state index in [2.05, 4.69) is 15.7 Å². The zero-order valence-corrected chi connectivity index (χ0v) is 14.2. The quantitative estimate of drug-likeness (QED) is 0.854. The molecule has 1 amide bonds. The van der Waals surface area contributed by atoms with Crippen LogP contribution in [0.5, 0.6) is 0 Å². The van der Waals surface area contributed by atoms with Crippen LogP contribution in [0.25, 0.3) is 0 Å². The van der Waals surface area contributed by atoms with Crippen molar-refractivity contribution in [3.63, 3.8) is 0 Å². The summed E-state index contributed by atoms with van der Waals surface area (Å²) < 4.78 is 40.9. The van der Waals surface area contributed by atoms with Gasteiger partial charge in [0.15, 0.2) is 0 Å². The van der Waals surface area contributed by atoms with E-state index in [0.29, 0.717) is 25.9 Å². The molecule has 0 spiro atoms. The molecule has 0 saturated carbocycles. The average Bonchev–Trinajstić information content (AvgIpc) is 3.17. The molecule has 2 aromatic rings. The summed E-state index contributed by atoms with van der Waals surface area (Å²) in [6.07, 6.45) is 0.264. The van der Waals surface area contributed by atoms with Crippen LogP contribution in [0.15, 0.2) is 42.7 Å². The molecule has 1 aliphatic heterocycles. The lowest BCUT2D eigenvalue weighted by Crippen LogP contribution is -2.54. The number of nitrogens with zero attached hydrogens (tertiary/aromatic N) is 2. The van der Waals surface area contributed by atoms with Crippen molar-refractivity contribution in [3.05, 3.63) is 53.9 Å². The van der Waals surface area contributed by atoms with Gasteiger partial charge in [0, 0.05) is 18.9 Å². The van der Waals surface area contributed by atoms with Crippen LogP contribution in [0.4, 0.5) is 13.2 Å². The first-order valence-electron chi connectivity index (χ1n) is 8.58. The molecule has 1 aromatic carbocycles. The fourth-order valence-corrected chi connectivity index (χ4v) is 3.41. The van der Waals surface area contributed by atoms with Crippen LogP contribution in [-0.2, 0) is 22.9 Å². The smallest absolute Gasteiger partial charge is 0.354 e. The van der Waals surface area contributed by atoms with Crippen LogP contribution < -0.4 is 10.6 Å². The first-order valence-corrected chi connectivity index (χ1v) is 8.58. The largest absolute Gasteiger partial charge is 0.416 e. The lowest BCUT2D eigenvalue weighted by atomic mass is 9.87. The number of hydrogen-bond acceptors (Lipinski definition) is 3. The van der Waals surface area contributed by atoms with Crippen LogP contribution in [-0.4, -0.2) is 35.3 Å². The van der Waals surface area contributed by atoms with E-state index in [-0.39, 0.29) is 24.4 Å². The van der Waals surface area contributed by atoms with Crippen molar-refractivity contribution >= 4 is 5.91 Å². The average molecular weight is 366 g/mol. The maximum atomic E-state index is 13.1. The second kappa shape index (κ2) is 7.49. The summed E-state index contributed by atoms with van der Waals surface area (Å²) >= 11 is 0. The Morgan fingerprint density at radius 2 is 1.96 bits per heavy atom. The molecule has 3 rings (SSSR count). The molecule has 0 aliphatic carbocycles. The Hall–Kier alpha value is -2.35. The third-order valence-corrected chi connectivity index (χ3v) is 4.80. The van der Waals surface area contributed by atoms with Gasteiger partial charge in [-0.3, -0.25) is 9.48 Å². The monoisotopic (exact) mass is 366 g/mol. The van der Waals surface area contributed by atoms with Crippen molar-refractivity contribution in [1.29, 1.82) is 0 Å². The zero-order valence-electron chi connectivity index (χ0n) is 14.2. The molecule has 8 heteroatoms. The number of carbonyl (C=O) groups excluding carboxylic acids is 1. The van der Waals surface area contributed by atoms with Crippen molar-refractivity contribution in [2.75, 3.05) is 19.6 Å². The highest BCUT2D eigenvalue weighted by molar-refractivity contribution is 5.84. The van der Waals surface area contributed by atoms with Gasteiger partial charge < -0.3 is 10.6 Å². The molecule has 0 unspecified atom stereocenters. The van der Waals surface area contributed by atoms with Gasteiger partial charge in [0.2, 0.25) is 5.91 Å². The second-order valence-corrected chi connectivity index (χ2v) is 6.39. The van der Waals surface area contributed by atoms with E-state index in [4.69, 9.17) is 0 Å². The molecule has 140 valence electrons. The SMILES string of the molecule is O=C(NCCc1ccccc1C(F)(F)F)C1(n2cccn2)CCNCC1. The van der Waals surface area contributed by atoms with Crippen molar-refractivity contribution in [2.24, 2.45) is 0 Å². The summed E-state index contributed by atoms with van der Waals surface area (Å²) in [5.74, 6) is -0.202. The molecule has 26 heavy (non-hydrogen) atoms. The summed E-state index contributed by atoms with van der Waals surface area (Å²) in [7, 11) is 0. The van der Waals surface area contributed by atoms with Crippen LogP contribution in [0.1, 0.15) is 24.0 Å². The van der Waals surface area contributed by atoms with Gasteiger partial charge in [-0.15, -0.1) is 0 Å². The van der Waals surface area contributed by atoms with Gasteiger partial charge in [-0.1, -0.05) is 18.2 Å². The van der Waals surface area contributed by atoms with E-state index in [9.17, 15) is 18.0 Å². The Labute approximate surface area is 149 Å². The Balaban J connectivity index is 1.69. The second-order valence-electron chi connectivity index (χ2n) is 6.39. The van der Waals surface area contributed by atoms with Crippen LogP contribution in [0.2, 0.25) is 0 Å². The van der Waals surface area contributed by atoms with Crippen molar-refractivity contribution in [1.82, 2.24) is 20.4 Å². The number of rotatable bonds is 5. The Kier molecular flexibility index (Phi) is 5.31. The summed E-state index contributed by atoms with van der Waals surface area (Å²) in [4.78, 5) is 12.9. The molecule has 2 heterocycles. The predicted octanol–water partition coefficient (Wildman–Crippen LogP) is 2.34. The molecule has 0 bridgehead atoms. The fourth-order valence-electron chi connectivity index (χ4n) is 3.41. The number of nitrogens with one attached hydrogen (secondary N) is 2. The van der Waals surface area contributed by atoms with Gasteiger partial charge in [-0.05, 0) is 50.0 Å². The van der Waals surface area contributed by atoms with Crippen LogP contribution in [0.3, 0.4) is 0 Å². The number of hydrogen-bond donors (Lipinski definition) is 2. The number of alkyl halides is 3. The minimum Gasteiger partial charge on any atom is -0.354 e. The Bertz CT molecular complexity index is 737. The summed E-state index contributed by atoms with van der Waals surface area (Å²) in [5, 5.41) is 10.3. The van der Waals surface area contributed by atoms with E-state index >= 15 is 0 Å². The Morgan fingerprint density at radius 3 is 2.62 bits per heavy atom. The number of aromatic nitrogens is 2. The van der Waals surface area contributed by atoms with Gasteiger partial charge in [0.05, 0.1) is 5.56 Å². The minimum atomic E-state index is -4.40. The van der Waals surface area contributed by atoms with E-state index in [1.54, 1.807) is 29.2 Å². The third-order valence-electron chi connectivity index (χ3n) is 4.80. The number of amides is 1. The van der Waals surface area contributed by atoms with E-state index in [1.165, 1.54) is 12.1 Å². The fraction of sp³-hybridized carbons (Fsp3) is 0.444. The maximum absolute atomic E-state index is 13.1. The standard InChI is InChI=1S/C18H21F3N4O/c19-18(20,21)15-5-2-1-4-14(15)6-10-23-16(26)17(7-11-22-12-8-17)25-13-3-9-24-25/h1-5,9,13,22H,6-8,10-12H2,(H,23,26). The maximum Gasteiger partial charge on any atom is 0.416 e. The minimum absolute atomic E-state index is 0.120. The highest BCUT2D eigenvalue weighted by Gasteiger charge is 2.41. The predicted molar refractivity (Wildman–Crippen MR) is 90.5 cm³/mol. The Morgan fingerprint density at radius 1 is 1.23 bits per heavy atom. The van der Waals surface area contributed by atoms with Crippen LogP contribution >= 0.6 is 0 Å². The summed E-state index contributed by atoms with van der Waals surface area (Å²) in [6, 6.07) is 7.21. The number of carbonyl (C=O) groups is 1. The first kappa shape index (κ1) is 18.4. The van der Waals surface area contributed by atoms with E-state index in [1.807, 2.05) is 0 Å². The molecule has 1 saturated heterocycles. The zero-order chi connectivity index (χ0) is 18.6. The molecule has 1 aromatic heterocycles. The van der Waals surface area contributed by atoms with E-state index < -0.39 is 17.3 Å². The highest BCUT2D eigenvalue weighted by atomic mass is 19.4. The van der Waals surface area contributed by atoms with Gasteiger partial charge in [0.25, 0.3) is 0 Å². The first-order chi connectivity index (χ1) is 12.4. The normalized spacial score (nSPS) is 17.0. The van der Waals surface area contributed by atoms with Gasteiger partial charge in [0.1, 0.15) is 5.54 Å². The van der Waals surface area contributed by atoms with Crippen LogP contribution in [0, 0.1) is 0 Å².